The van der Waals surface area contributed by atoms with Gasteiger partial charge in [-0.3, -0.25) is 0 Å². The largest absolute Gasteiger partial charge is 0.500 e. The lowest BCUT2D eigenvalue weighted by molar-refractivity contribution is 0.0707. The fraction of sp³-hybridized carbons (Fsp3) is 1.00. The van der Waals surface area contributed by atoms with Gasteiger partial charge in [-0.1, -0.05) is 0 Å². The summed E-state index contributed by atoms with van der Waals surface area (Å²) in [5, 5.41) is 3.48. The van der Waals surface area contributed by atoms with E-state index < -0.39 is 8.80 Å². The Morgan fingerprint density at radius 1 is 0.889 bits per heavy atom. The van der Waals surface area contributed by atoms with Gasteiger partial charge in [0.1, 0.15) is 0 Å². The lowest BCUT2D eigenvalue weighted by atomic mass is 10.1. The maximum Gasteiger partial charge on any atom is 0.500 e. The molecule has 0 saturated heterocycles. The molecule has 0 fully saturated rings. The molecule has 0 heterocycles. The van der Waals surface area contributed by atoms with Crippen molar-refractivity contribution in [1.29, 1.82) is 0 Å². The van der Waals surface area contributed by atoms with Gasteiger partial charge in [0.25, 0.3) is 0 Å². The minimum atomic E-state index is -2.43. The van der Waals surface area contributed by atoms with Crippen LogP contribution in [0.3, 0.4) is 0 Å². The number of hydrogen-bond acceptors (Lipinski definition) is 4. The van der Waals surface area contributed by atoms with Crippen LogP contribution in [0.4, 0.5) is 0 Å². The zero-order chi connectivity index (χ0) is 14.1. The Labute approximate surface area is 114 Å². The maximum atomic E-state index is 5.81. The zero-order valence-corrected chi connectivity index (χ0v) is 14.0. The monoisotopic (exact) mass is 277 g/mol. The van der Waals surface area contributed by atoms with Crippen LogP contribution in [0.1, 0.15) is 48.0 Å². The highest BCUT2D eigenvalue weighted by molar-refractivity contribution is 6.60. The van der Waals surface area contributed by atoms with Gasteiger partial charge in [0.15, 0.2) is 0 Å². The summed E-state index contributed by atoms with van der Waals surface area (Å²) in [5.74, 6) is 0. The van der Waals surface area contributed by atoms with E-state index in [0.29, 0.717) is 19.8 Å². The van der Waals surface area contributed by atoms with Gasteiger partial charge in [0.2, 0.25) is 0 Å². The molecule has 0 aliphatic rings. The molecule has 4 nitrogen and oxygen atoms in total. The van der Waals surface area contributed by atoms with E-state index in [9.17, 15) is 0 Å². The Morgan fingerprint density at radius 2 is 1.33 bits per heavy atom. The minimum Gasteiger partial charge on any atom is -0.374 e. The summed E-state index contributed by atoms with van der Waals surface area (Å²) in [4.78, 5) is 0. The topological polar surface area (TPSA) is 39.7 Å². The van der Waals surface area contributed by atoms with Gasteiger partial charge in [-0.25, -0.2) is 0 Å². The third-order valence-corrected chi connectivity index (χ3v) is 5.56. The average molecular weight is 277 g/mol. The van der Waals surface area contributed by atoms with Gasteiger partial charge >= 0.3 is 8.80 Å². The van der Waals surface area contributed by atoms with E-state index >= 15 is 0 Å². The van der Waals surface area contributed by atoms with E-state index in [0.717, 1.165) is 19.0 Å². The minimum absolute atomic E-state index is 0.160. The lowest BCUT2D eigenvalue weighted by Crippen LogP contribution is -2.47. The smallest absolute Gasteiger partial charge is 0.374 e. The van der Waals surface area contributed by atoms with Crippen molar-refractivity contribution in [3.05, 3.63) is 0 Å². The molecule has 0 saturated carbocycles. The average Bonchev–Trinajstić information content (AvgIpc) is 2.24. The molecule has 0 spiro atoms. The molecule has 5 heteroatoms. The summed E-state index contributed by atoms with van der Waals surface area (Å²) in [5.41, 5.74) is 0.160. The first-order valence-electron chi connectivity index (χ1n) is 7.06. The summed E-state index contributed by atoms with van der Waals surface area (Å²) in [6.45, 7) is 15.4. The Morgan fingerprint density at radius 3 is 1.67 bits per heavy atom. The zero-order valence-electron chi connectivity index (χ0n) is 13.0. The number of hydrogen-bond donors (Lipinski definition) is 1. The Kier molecular flexibility index (Phi) is 9.07. The molecular weight excluding hydrogens is 246 g/mol. The van der Waals surface area contributed by atoms with Crippen molar-refractivity contribution in [2.24, 2.45) is 0 Å². The summed E-state index contributed by atoms with van der Waals surface area (Å²) in [6, 6.07) is 0.881. The van der Waals surface area contributed by atoms with Gasteiger partial charge in [0.05, 0.1) is 0 Å². The maximum absolute atomic E-state index is 5.81. The van der Waals surface area contributed by atoms with Crippen LogP contribution in [-0.2, 0) is 13.3 Å². The molecule has 0 aromatic heterocycles. The Bertz CT molecular complexity index is 190. The molecule has 0 rings (SSSR count). The fourth-order valence-corrected chi connectivity index (χ4v) is 4.38. The highest BCUT2D eigenvalue weighted by atomic mass is 28.4. The molecule has 18 heavy (non-hydrogen) atoms. The summed E-state index contributed by atoms with van der Waals surface area (Å²) in [6.07, 6.45) is 1.02. The molecular formula is C13H31NO3Si. The van der Waals surface area contributed by atoms with Gasteiger partial charge in [-0.2, -0.15) is 0 Å². The fourth-order valence-electron chi connectivity index (χ4n) is 1.77. The molecule has 0 amide bonds. The third kappa shape index (κ3) is 8.21. The Hall–Kier alpha value is 0.0569. The van der Waals surface area contributed by atoms with Crippen LogP contribution in [-0.4, -0.2) is 40.7 Å². The highest BCUT2D eigenvalue weighted by Gasteiger charge is 2.39. The molecule has 0 aromatic carbocycles. The predicted molar refractivity (Wildman–Crippen MR) is 77.8 cm³/mol. The van der Waals surface area contributed by atoms with E-state index in [2.05, 4.69) is 26.1 Å². The molecule has 110 valence electrons. The second kappa shape index (κ2) is 9.04. The van der Waals surface area contributed by atoms with Gasteiger partial charge in [-0.05, 0) is 54.5 Å². The lowest BCUT2D eigenvalue weighted by Gasteiger charge is -2.29. The first-order chi connectivity index (χ1) is 8.39. The highest BCUT2D eigenvalue weighted by Crippen LogP contribution is 2.18. The number of nitrogens with one attached hydrogen (secondary N) is 1. The first-order valence-corrected chi connectivity index (χ1v) is 8.99. The molecule has 0 aliphatic heterocycles. The summed E-state index contributed by atoms with van der Waals surface area (Å²) in [7, 11) is -2.43. The first kappa shape index (κ1) is 18.1. The van der Waals surface area contributed by atoms with Crippen LogP contribution >= 0.6 is 0 Å². The van der Waals surface area contributed by atoms with Crippen LogP contribution in [0.5, 0.6) is 0 Å². The molecule has 0 aliphatic carbocycles. The van der Waals surface area contributed by atoms with Crippen molar-refractivity contribution in [2.45, 2.75) is 59.5 Å². The molecule has 0 unspecified atom stereocenters. The summed E-state index contributed by atoms with van der Waals surface area (Å²) < 4.78 is 17.4. The van der Waals surface area contributed by atoms with Crippen molar-refractivity contribution >= 4 is 8.80 Å². The van der Waals surface area contributed by atoms with E-state index in [1.165, 1.54) is 0 Å². The SMILES string of the molecule is CCO[Si](CCCNC(C)(C)C)(OCC)OCC. The van der Waals surface area contributed by atoms with E-state index in [-0.39, 0.29) is 5.54 Å². The standard InChI is InChI=1S/C13H31NO3Si/c1-7-15-18(16-8-2,17-9-3)12-10-11-14-13(4,5)6/h14H,7-12H2,1-6H3. The van der Waals surface area contributed by atoms with Crippen molar-refractivity contribution in [3.8, 4) is 0 Å². The molecule has 0 bridgehead atoms. The summed E-state index contributed by atoms with van der Waals surface area (Å²) >= 11 is 0. The third-order valence-electron chi connectivity index (χ3n) is 2.41. The molecule has 0 atom stereocenters. The van der Waals surface area contributed by atoms with Crippen LogP contribution in [0.2, 0.25) is 6.04 Å². The van der Waals surface area contributed by atoms with Gasteiger partial charge < -0.3 is 18.6 Å². The van der Waals surface area contributed by atoms with Crippen molar-refractivity contribution in [2.75, 3.05) is 26.4 Å². The predicted octanol–water partition coefficient (Wildman–Crippen LogP) is 2.81. The van der Waals surface area contributed by atoms with Crippen molar-refractivity contribution in [1.82, 2.24) is 5.32 Å². The Balaban J connectivity index is 4.21. The molecule has 0 radical (unpaired) electrons. The van der Waals surface area contributed by atoms with Gasteiger partial charge in [-0.15, -0.1) is 0 Å². The molecule has 1 N–H and O–H groups in total. The molecule has 0 aromatic rings. The van der Waals surface area contributed by atoms with Crippen LogP contribution in [0.25, 0.3) is 0 Å². The van der Waals surface area contributed by atoms with Gasteiger partial charge in [0, 0.05) is 31.4 Å². The van der Waals surface area contributed by atoms with Crippen molar-refractivity contribution in [3.63, 3.8) is 0 Å². The van der Waals surface area contributed by atoms with E-state index in [1.807, 2.05) is 20.8 Å². The second-order valence-corrected chi connectivity index (χ2v) is 7.99. The van der Waals surface area contributed by atoms with Crippen LogP contribution in [0.15, 0.2) is 0 Å². The van der Waals surface area contributed by atoms with E-state index in [1.54, 1.807) is 0 Å². The van der Waals surface area contributed by atoms with Crippen LogP contribution in [0, 0.1) is 0 Å². The second-order valence-electron chi connectivity index (χ2n) is 5.26. The van der Waals surface area contributed by atoms with E-state index in [4.69, 9.17) is 13.3 Å². The normalized spacial score (nSPS) is 13.0. The number of rotatable bonds is 10. The van der Waals surface area contributed by atoms with Crippen molar-refractivity contribution < 1.29 is 13.3 Å². The van der Waals surface area contributed by atoms with Crippen LogP contribution < -0.4 is 5.32 Å². The quantitative estimate of drug-likeness (QED) is 0.492.